The largest absolute Gasteiger partial charge is 0.469 e. The second-order valence-electron chi connectivity index (χ2n) is 8.64. The fraction of sp³-hybridized carbons (Fsp3) is 0.889. The smallest absolute Gasteiger partial charge is 0.309 e. The van der Waals surface area contributed by atoms with Crippen LogP contribution in [0.1, 0.15) is 25.7 Å². The van der Waals surface area contributed by atoms with Crippen molar-refractivity contribution in [2.45, 2.75) is 25.7 Å². The highest BCUT2D eigenvalue weighted by Crippen LogP contribution is 3.05. The van der Waals surface area contributed by atoms with Crippen LogP contribution < -0.4 is 0 Å². The molecule has 10 atom stereocenters. The van der Waals surface area contributed by atoms with Gasteiger partial charge in [-0.15, -0.1) is 0 Å². The van der Waals surface area contributed by atoms with E-state index >= 15 is 0 Å². The van der Waals surface area contributed by atoms with E-state index in [1.165, 1.54) is 39.9 Å². The summed E-state index contributed by atoms with van der Waals surface area (Å²) in [7, 11) is 2.93. The van der Waals surface area contributed by atoms with E-state index in [0.29, 0.717) is 22.7 Å². The van der Waals surface area contributed by atoms with Gasteiger partial charge in [0, 0.05) is 0 Å². The average molecular weight is 302 g/mol. The van der Waals surface area contributed by atoms with Gasteiger partial charge in [-0.1, -0.05) is 12.8 Å². The van der Waals surface area contributed by atoms with E-state index in [4.69, 9.17) is 9.47 Å². The van der Waals surface area contributed by atoms with Crippen LogP contribution in [-0.2, 0) is 19.1 Å². The van der Waals surface area contributed by atoms with Crippen LogP contribution in [0, 0.1) is 58.2 Å². The average Bonchev–Trinajstić information content (AvgIpc) is 2.53. The molecular formula is C18H22O4. The topological polar surface area (TPSA) is 52.6 Å². The quantitative estimate of drug-likeness (QED) is 0.731. The zero-order chi connectivity index (χ0) is 15.0. The number of carbonyl (C=O) groups excluding carboxylic acids is 2. The monoisotopic (exact) mass is 302 g/mol. The number of esters is 2. The third-order valence-corrected chi connectivity index (χ3v) is 9.27. The standard InChI is InChI=1S/C18H22O4/c1-21-15(19)9-10(16(20)22-2)12-8-7-11(9)17-5-3-4-6-18(12,17)14(8)13(7)17/h7-14H,3-6H2,1-2H3. The van der Waals surface area contributed by atoms with Crippen molar-refractivity contribution >= 4 is 11.9 Å². The van der Waals surface area contributed by atoms with Crippen molar-refractivity contribution in [3.63, 3.8) is 0 Å². The van der Waals surface area contributed by atoms with Crippen LogP contribution >= 0.6 is 0 Å². The Balaban J connectivity index is 1.51. The van der Waals surface area contributed by atoms with Gasteiger partial charge >= 0.3 is 11.9 Å². The van der Waals surface area contributed by atoms with Crippen molar-refractivity contribution in [1.82, 2.24) is 0 Å². The maximum Gasteiger partial charge on any atom is 0.309 e. The second kappa shape index (κ2) is 3.25. The Labute approximate surface area is 129 Å². The van der Waals surface area contributed by atoms with Gasteiger partial charge < -0.3 is 9.47 Å². The van der Waals surface area contributed by atoms with Crippen LogP contribution in [0.4, 0.5) is 0 Å². The Morgan fingerprint density at radius 2 is 1.18 bits per heavy atom. The lowest BCUT2D eigenvalue weighted by atomic mass is 8.99. The maximum absolute atomic E-state index is 12.5. The minimum Gasteiger partial charge on any atom is -0.469 e. The van der Waals surface area contributed by atoms with Gasteiger partial charge in [-0.3, -0.25) is 9.59 Å². The van der Waals surface area contributed by atoms with Crippen molar-refractivity contribution in [3.05, 3.63) is 0 Å². The van der Waals surface area contributed by atoms with Gasteiger partial charge in [-0.25, -0.2) is 0 Å². The van der Waals surface area contributed by atoms with Gasteiger partial charge in [-0.2, -0.15) is 0 Å². The summed E-state index contributed by atoms with van der Waals surface area (Å²) in [5, 5.41) is 0. The molecule has 0 heterocycles. The van der Waals surface area contributed by atoms with Crippen LogP contribution in [0.2, 0.25) is 0 Å². The van der Waals surface area contributed by atoms with Crippen LogP contribution in [0.5, 0.6) is 0 Å². The minimum atomic E-state index is -0.229. The summed E-state index contributed by atoms with van der Waals surface area (Å²) in [5.74, 6) is 3.27. The van der Waals surface area contributed by atoms with Gasteiger partial charge in [0.15, 0.2) is 0 Å². The number of hydrogen-bond donors (Lipinski definition) is 0. The Morgan fingerprint density at radius 3 is 1.55 bits per heavy atom. The molecule has 4 nitrogen and oxygen atoms in total. The molecule has 22 heavy (non-hydrogen) atoms. The Hall–Kier alpha value is -1.06. The fourth-order valence-corrected chi connectivity index (χ4v) is 9.50. The van der Waals surface area contributed by atoms with E-state index in [-0.39, 0.29) is 23.8 Å². The van der Waals surface area contributed by atoms with E-state index in [0.717, 1.165) is 23.7 Å². The van der Waals surface area contributed by atoms with Crippen molar-refractivity contribution in [2.24, 2.45) is 58.2 Å². The molecule has 0 N–H and O–H groups in total. The Kier molecular flexibility index (Phi) is 1.83. The van der Waals surface area contributed by atoms with Gasteiger partial charge in [-0.05, 0) is 59.2 Å². The van der Waals surface area contributed by atoms with Crippen molar-refractivity contribution in [1.29, 1.82) is 0 Å². The second-order valence-corrected chi connectivity index (χ2v) is 8.64. The van der Waals surface area contributed by atoms with E-state index in [9.17, 15) is 9.59 Å². The highest BCUT2D eigenvalue weighted by atomic mass is 16.5. The van der Waals surface area contributed by atoms with Crippen LogP contribution in [-0.4, -0.2) is 26.2 Å². The molecule has 0 aromatic rings. The fourth-order valence-electron chi connectivity index (χ4n) is 9.50. The lowest BCUT2D eigenvalue weighted by molar-refractivity contribution is -0.583. The summed E-state index contributed by atoms with van der Waals surface area (Å²) in [6.07, 6.45) is 5.20. The van der Waals surface area contributed by atoms with E-state index < -0.39 is 0 Å². The predicted molar refractivity (Wildman–Crippen MR) is 75.3 cm³/mol. The van der Waals surface area contributed by atoms with Gasteiger partial charge in [0.2, 0.25) is 0 Å². The van der Waals surface area contributed by atoms with Gasteiger partial charge in [0.1, 0.15) is 0 Å². The van der Waals surface area contributed by atoms with Crippen LogP contribution in [0.15, 0.2) is 0 Å². The summed E-state index contributed by atoms with van der Waals surface area (Å²) >= 11 is 0. The molecule has 2 spiro atoms. The molecule has 0 aromatic carbocycles. The summed E-state index contributed by atoms with van der Waals surface area (Å²) in [6, 6.07) is 0. The normalized spacial score (nSPS) is 63.9. The van der Waals surface area contributed by atoms with E-state index in [1.807, 2.05) is 0 Å². The molecule has 0 aliphatic heterocycles. The number of hydrogen-bond acceptors (Lipinski definition) is 4. The zero-order valence-corrected chi connectivity index (χ0v) is 13.1. The lowest BCUT2D eigenvalue weighted by Gasteiger charge is -3.04. The summed E-state index contributed by atoms with van der Waals surface area (Å²) in [6.45, 7) is 0. The van der Waals surface area contributed by atoms with Crippen molar-refractivity contribution in [3.8, 4) is 0 Å². The molecule has 7 aliphatic rings. The zero-order valence-electron chi connectivity index (χ0n) is 13.1. The molecule has 7 fully saturated rings. The molecule has 0 radical (unpaired) electrons. The van der Waals surface area contributed by atoms with Crippen LogP contribution in [0.3, 0.4) is 0 Å². The highest BCUT2D eigenvalue weighted by Gasteiger charge is 3.03. The number of rotatable bonds is 2. The molecule has 0 saturated heterocycles. The first-order valence-corrected chi connectivity index (χ1v) is 8.82. The molecule has 0 amide bonds. The molecule has 118 valence electrons. The number of carbonyl (C=O) groups is 2. The van der Waals surface area contributed by atoms with Gasteiger partial charge in [0.25, 0.3) is 0 Å². The molecule has 2 bridgehead atoms. The molecular weight excluding hydrogens is 280 g/mol. The molecule has 7 aliphatic carbocycles. The van der Waals surface area contributed by atoms with Crippen LogP contribution in [0.25, 0.3) is 0 Å². The highest BCUT2D eigenvalue weighted by molar-refractivity contribution is 5.85. The first-order chi connectivity index (χ1) is 10.7. The van der Waals surface area contributed by atoms with Crippen molar-refractivity contribution in [2.75, 3.05) is 14.2 Å². The number of fused-ring (bicyclic) bond motifs is 1. The summed E-state index contributed by atoms with van der Waals surface area (Å²) < 4.78 is 10.2. The summed E-state index contributed by atoms with van der Waals surface area (Å²) in [4.78, 5) is 25.0. The maximum atomic E-state index is 12.5. The predicted octanol–water partition coefficient (Wildman–Crippen LogP) is 1.88. The summed E-state index contributed by atoms with van der Waals surface area (Å²) in [5.41, 5.74) is 0.812. The third-order valence-electron chi connectivity index (χ3n) is 9.27. The number of methoxy groups -OCH3 is 2. The molecule has 10 unspecified atom stereocenters. The number of ether oxygens (including phenoxy) is 2. The molecule has 7 saturated carbocycles. The van der Waals surface area contributed by atoms with E-state index in [1.54, 1.807) is 0 Å². The lowest BCUT2D eigenvalue weighted by Crippen LogP contribution is -3.02. The van der Waals surface area contributed by atoms with Gasteiger partial charge in [0.05, 0.1) is 26.1 Å². The first kappa shape index (κ1) is 12.4. The SMILES string of the molecule is COC(=O)C1C(C(=O)OC)C2C3C4C1C15CCCCC21C3C45. The Morgan fingerprint density at radius 1 is 0.773 bits per heavy atom. The molecule has 4 heteroatoms. The van der Waals surface area contributed by atoms with Crippen molar-refractivity contribution < 1.29 is 19.1 Å². The minimum absolute atomic E-state index is 0.161. The Bertz CT molecular complexity index is 575. The first-order valence-electron chi connectivity index (χ1n) is 8.82. The third kappa shape index (κ3) is 0.771. The molecule has 0 aromatic heterocycles. The molecule has 7 rings (SSSR count). The van der Waals surface area contributed by atoms with E-state index in [2.05, 4.69) is 0 Å².